The summed E-state index contributed by atoms with van der Waals surface area (Å²) in [5.41, 5.74) is 2.50. The van der Waals surface area contributed by atoms with Gasteiger partial charge >= 0.3 is 0 Å². The zero-order chi connectivity index (χ0) is 13.5. The van der Waals surface area contributed by atoms with Gasteiger partial charge in [-0.15, -0.1) is 10.2 Å². The molecule has 0 aliphatic carbocycles. The fourth-order valence-electron chi connectivity index (χ4n) is 1.44. The molecule has 1 heterocycles. The highest BCUT2D eigenvalue weighted by molar-refractivity contribution is 8.01. The number of hydrogen-bond donors (Lipinski definition) is 1. The number of carbonyl (C=O) groups is 1. The van der Waals surface area contributed by atoms with Crippen LogP contribution in [0.25, 0.3) is 0 Å². The second kappa shape index (κ2) is 7.20. The standard InChI is InChI=1S/C12H12FN3OS2/c13-10-3-1-2-9(6-10)4-5-14-11(17)7-18-12-16-15-8-19-12/h1-3,6,8H,4-5,7H2,(H,14,17). The predicted octanol–water partition coefficient (Wildman–Crippen LogP) is 2.13. The van der Waals surface area contributed by atoms with Crippen LogP contribution >= 0.6 is 23.1 Å². The fourth-order valence-corrected chi connectivity index (χ4v) is 2.76. The smallest absolute Gasteiger partial charge is 0.230 e. The van der Waals surface area contributed by atoms with E-state index >= 15 is 0 Å². The number of halogens is 1. The van der Waals surface area contributed by atoms with Gasteiger partial charge in [0.05, 0.1) is 5.75 Å². The topological polar surface area (TPSA) is 54.9 Å². The van der Waals surface area contributed by atoms with Gasteiger partial charge in [-0.3, -0.25) is 4.79 Å². The molecule has 0 aliphatic heterocycles. The molecule has 0 spiro atoms. The Hall–Kier alpha value is -1.47. The molecule has 19 heavy (non-hydrogen) atoms. The lowest BCUT2D eigenvalue weighted by Gasteiger charge is -2.04. The van der Waals surface area contributed by atoms with Crippen molar-refractivity contribution in [3.05, 3.63) is 41.2 Å². The maximum Gasteiger partial charge on any atom is 0.230 e. The van der Waals surface area contributed by atoms with Crippen molar-refractivity contribution in [2.24, 2.45) is 0 Å². The summed E-state index contributed by atoms with van der Waals surface area (Å²) >= 11 is 2.76. The number of hydrogen-bond acceptors (Lipinski definition) is 5. The first-order valence-electron chi connectivity index (χ1n) is 5.64. The summed E-state index contributed by atoms with van der Waals surface area (Å²) in [6, 6.07) is 6.38. The zero-order valence-corrected chi connectivity index (χ0v) is 11.6. The third-order valence-electron chi connectivity index (χ3n) is 2.29. The van der Waals surface area contributed by atoms with Gasteiger partial charge in [0.1, 0.15) is 11.3 Å². The molecular formula is C12H12FN3OS2. The lowest BCUT2D eigenvalue weighted by atomic mass is 10.1. The van der Waals surface area contributed by atoms with Crippen molar-refractivity contribution >= 4 is 29.0 Å². The minimum Gasteiger partial charge on any atom is -0.355 e. The van der Waals surface area contributed by atoms with Crippen molar-refractivity contribution in [2.45, 2.75) is 10.8 Å². The van der Waals surface area contributed by atoms with Gasteiger partial charge in [0, 0.05) is 6.54 Å². The molecule has 7 heteroatoms. The van der Waals surface area contributed by atoms with Crippen LogP contribution in [0.4, 0.5) is 4.39 Å². The molecule has 4 nitrogen and oxygen atoms in total. The van der Waals surface area contributed by atoms with Crippen LogP contribution in [0.2, 0.25) is 0 Å². The molecule has 2 aromatic rings. The van der Waals surface area contributed by atoms with Gasteiger partial charge in [0.2, 0.25) is 5.91 Å². The van der Waals surface area contributed by atoms with Crippen molar-refractivity contribution in [2.75, 3.05) is 12.3 Å². The Kier molecular flexibility index (Phi) is 5.29. The molecule has 0 saturated carbocycles. The van der Waals surface area contributed by atoms with Crippen LogP contribution in [-0.4, -0.2) is 28.4 Å². The van der Waals surface area contributed by atoms with Crippen LogP contribution < -0.4 is 5.32 Å². The van der Waals surface area contributed by atoms with Crippen molar-refractivity contribution in [3.63, 3.8) is 0 Å². The molecule has 1 aromatic carbocycles. The fraction of sp³-hybridized carbons (Fsp3) is 0.250. The molecule has 0 radical (unpaired) electrons. The summed E-state index contributed by atoms with van der Waals surface area (Å²) in [6.07, 6.45) is 0.618. The van der Waals surface area contributed by atoms with Gasteiger partial charge in [-0.1, -0.05) is 35.2 Å². The molecule has 1 N–H and O–H groups in total. The van der Waals surface area contributed by atoms with Crippen LogP contribution in [0.15, 0.2) is 34.1 Å². The van der Waals surface area contributed by atoms with Gasteiger partial charge in [-0.25, -0.2) is 4.39 Å². The molecule has 0 unspecified atom stereocenters. The molecule has 0 atom stereocenters. The molecule has 2 rings (SSSR count). The van der Waals surface area contributed by atoms with E-state index in [1.54, 1.807) is 11.6 Å². The molecule has 100 valence electrons. The van der Waals surface area contributed by atoms with Gasteiger partial charge in [-0.2, -0.15) is 0 Å². The Labute approximate surface area is 118 Å². The lowest BCUT2D eigenvalue weighted by Crippen LogP contribution is -2.27. The number of nitrogens with zero attached hydrogens (tertiary/aromatic N) is 2. The summed E-state index contributed by atoms with van der Waals surface area (Å²) in [6.45, 7) is 0.499. The van der Waals surface area contributed by atoms with Gasteiger partial charge < -0.3 is 5.32 Å². The highest BCUT2D eigenvalue weighted by Crippen LogP contribution is 2.18. The number of benzene rings is 1. The lowest BCUT2D eigenvalue weighted by molar-refractivity contribution is -0.118. The van der Waals surface area contributed by atoms with E-state index < -0.39 is 0 Å². The molecule has 0 bridgehead atoms. The van der Waals surface area contributed by atoms with E-state index in [1.165, 1.54) is 35.2 Å². The molecule has 1 amide bonds. The number of carbonyl (C=O) groups excluding carboxylic acids is 1. The maximum atomic E-state index is 12.9. The third-order valence-corrected chi connectivity index (χ3v) is 4.15. The van der Waals surface area contributed by atoms with E-state index in [-0.39, 0.29) is 11.7 Å². The van der Waals surface area contributed by atoms with Crippen molar-refractivity contribution in [1.82, 2.24) is 15.5 Å². The molecular weight excluding hydrogens is 285 g/mol. The molecule has 0 saturated heterocycles. The van der Waals surface area contributed by atoms with E-state index in [9.17, 15) is 9.18 Å². The minimum atomic E-state index is -0.254. The SMILES string of the molecule is O=C(CSc1nncs1)NCCc1cccc(F)c1. The van der Waals surface area contributed by atoms with Crippen LogP contribution in [0.5, 0.6) is 0 Å². The monoisotopic (exact) mass is 297 g/mol. The number of rotatable bonds is 6. The minimum absolute atomic E-state index is 0.0587. The van der Waals surface area contributed by atoms with Gasteiger partial charge in [0.25, 0.3) is 0 Å². The largest absolute Gasteiger partial charge is 0.355 e. The van der Waals surface area contributed by atoms with Crippen molar-refractivity contribution in [1.29, 1.82) is 0 Å². The first kappa shape index (κ1) is 14.0. The second-order valence-corrected chi connectivity index (χ2v) is 5.78. The summed E-state index contributed by atoms with van der Waals surface area (Å²) < 4.78 is 13.7. The van der Waals surface area contributed by atoms with E-state index in [1.807, 2.05) is 6.07 Å². The number of amides is 1. The Morgan fingerprint density at radius 3 is 3.11 bits per heavy atom. The summed E-state index contributed by atoms with van der Waals surface area (Å²) in [5, 5.41) is 10.3. The summed E-state index contributed by atoms with van der Waals surface area (Å²) in [5.74, 6) is 0.00507. The number of aromatic nitrogens is 2. The Morgan fingerprint density at radius 2 is 2.37 bits per heavy atom. The quantitative estimate of drug-likeness (QED) is 0.830. The number of thioether (sulfide) groups is 1. The highest BCUT2D eigenvalue weighted by Gasteiger charge is 2.04. The Morgan fingerprint density at radius 1 is 1.47 bits per heavy atom. The first-order chi connectivity index (χ1) is 9.24. The normalized spacial score (nSPS) is 10.4. The maximum absolute atomic E-state index is 12.9. The van der Waals surface area contributed by atoms with Crippen molar-refractivity contribution < 1.29 is 9.18 Å². The van der Waals surface area contributed by atoms with Crippen LogP contribution in [-0.2, 0) is 11.2 Å². The molecule has 0 aliphatic rings. The van der Waals surface area contributed by atoms with Crippen LogP contribution in [0.1, 0.15) is 5.56 Å². The van der Waals surface area contributed by atoms with E-state index in [0.29, 0.717) is 18.7 Å². The molecule has 1 aromatic heterocycles. The number of nitrogens with one attached hydrogen (secondary N) is 1. The van der Waals surface area contributed by atoms with Gasteiger partial charge in [-0.05, 0) is 24.1 Å². The Bertz CT molecular complexity index is 534. The molecule has 0 fully saturated rings. The average Bonchev–Trinajstić information content (AvgIpc) is 2.89. The Balaban J connectivity index is 1.66. The van der Waals surface area contributed by atoms with E-state index in [0.717, 1.165) is 9.90 Å². The van der Waals surface area contributed by atoms with Crippen LogP contribution in [0.3, 0.4) is 0 Å². The highest BCUT2D eigenvalue weighted by atomic mass is 32.2. The zero-order valence-electron chi connectivity index (χ0n) is 10.0. The summed E-state index contributed by atoms with van der Waals surface area (Å²) in [4.78, 5) is 11.5. The van der Waals surface area contributed by atoms with Crippen LogP contribution in [0, 0.1) is 5.82 Å². The van der Waals surface area contributed by atoms with Crippen molar-refractivity contribution in [3.8, 4) is 0 Å². The summed E-state index contributed by atoms with van der Waals surface area (Å²) in [7, 11) is 0. The van der Waals surface area contributed by atoms with E-state index in [2.05, 4.69) is 15.5 Å². The third kappa shape index (κ3) is 4.96. The average molecular weight is 297 g/mol. The first-order valence-corrected chi connectivity index (χ1v) is 7.50. The van der Waals surface area contributed by atoms with Gasteiger partial charge in [0.15, 0.2) is 4.34 Å². The predicted molar refractivity (Wildman–Crippen MR) is 73.7 cm³/mol. The second-order valence-electron chi connectivity index (χ2n) is 3.72. The van der Waals surface area contributed by atoms with E-state index in [4.69, 9.17) is 0 Å².